The van der Waals surface area contributed by atoms with Gasteiger partial charge >= 0.3 is 0 Å². The van der Waals surface area contributed by atoms with Crippen molar-refractivity contribution in [3.05, 3.63) is 41.1 Å². The molecule has 2 aromatic rings. The lowest BCUT2D eigenvalue weighted by Gasteiger charge is -2.22. The Labute approximate surface area is 121 Å². The summed E-state index contributed by atoms with van der Waals surface area (Å²) in [4.78, 5) is 0. The first-order valence-electron chi connectivity index (χ1n) is 7.23. The van der Waals surface area contributed by atoms with E-state index in [1.54, 1.807) is 0 Å². The first kappa shape index (κ1) is 14.6. The molecule has 2 rings (SSSR count). The van der Waals surface area contributed by atoms with E-state index in [1.165, 1.54) is 5.56 Å². The van der Waals surface area contributed by atoms with Gasteiger partial charge in [-0.2, -0.15) is 0 Å². The van der Waals surface area contributed by atoms with Crippen molar-refractivity contribution in [3.8, 4) is 11.6 Å². The Bertz CT molecular complexity index is 606. The van der Waals surface area contributed by atoms with E-state index < -0.39 is 0 Å². The molecule has 0 aliphatic rings. The number of hydrogen-bond donors (Lipinski definition) is 1. The molecule has 0 bridgehead atoms. The number of nitrogens with zero attached hydrogens (tertiary/aromatic N) is 2. The molecule has 1 aromatic heterocycles. The van der Waals surface area contributed by atoms with Gasteiger partial charge in [-0.1, -0.05) is 46.2 Å². The highest BCUT2D eigenvalue weighted by Crippen LogP contribution is 2.34. The largest absolute Gasteiger partial charge is 0.492 e. The molecule has 0 saturated heterocycles. The van der Waals surface area contributed by atoms with Crippen molar-refractivity contribution in [1.82, 2.24) is 9.78 Å². The van der Waals surface area contributed by atoms with Crippen molar-refractivity contribution < 1.29 is 5.11 Å². The van der Waals surface area contributed by atoms with Crippen LogP contribution in [0, 0.1) is 6.92 Å². The third kappa shape index (κ3) is 2.72. The second-order valence-corrected chi connectivity index (χ2v) is 6.40. The SMILES string of the molecule is CCCc1c(O)nn(-c2cccc(C)c2)c1C(C)(C)C. The van der Waals surface area contributed by atoms with Gasteiger partial charge in [0.1, 0.15) is 0 Å². The van der Waals surface area contributed by atoms with Crippen LogP contribution in [0.2, 0.25) is 0 Å². The van der Waals surface area contributed by atoms with Crippen LogP contribution in [0.15, 0.2) is 24.3 Å². The predicted octanol–water partition coefficient (Wildman–Crippen LogP) is 4.14. The molecule has 0 aliphatic carbocycles. The number of aromatic nitrogens is 2. The molecular formula is C17H24N2O. The maximum Gasteiger partial charge on any atom is 0.234 e. The quantitative estimate of drug-likeness (QED) is 0.912. The maximum absolute atomic E-state index is 10.2. The Balaban J connectivity index is 2.67. The van der Waals surface area contributed by atoms with E-state index in [2.05, 4.69) is 51.9 Å². The van der Waals surface area contributed by atoms with Crippen LogP contribution in [0.1, 0.15) is 50.9 Å². The number of rotatable bonds is 3. The summed E-state index contributed by atoms with van der Waals surface area (Å²) in [5.74, 6) is 0.165. The van der Waals surface area contributed by atoms with Crippen molar-refractivity contribution in [3.63, 3.8) is 0 Å². The van der Waals surface area contributed by atoms with Gasteiger partial charge < -0.3 is 5.11 Å². The lowest BCUT2D eigenvalue weighted by molar-refractivity contribution is 0.442. The van der Waals surface area contributed by atoms with Crippen LogP contribution in [-0.2, 0) is 11.8 Å². The van der Waals surface area contributed by atoms with E-state index in [0.29, 0.717) is 0 Å². The first-order valence-corrected chi connectivity index (χ1v) is 7.23. The van der Waals surface area contributed by atoms with Crippen LogP contribution in [0.3, 0.4) is 0 Å². The lowest BCUT2D eigenvalue weighted by Crippen LogP contribution is -2.19. The Kier molecular flexibility index (Phi) is 3.89. The van der Waals surface area contributed by atoms with Crippen LogP contribution in [-0.4, -0.2) is 14.9 Å². The fourth-order valence-electron chi connectivity index (χ4n) is 2.64. The van der Waals surface area contributed by atoms with Crippen LogP contribution in [0.5, 0.6) is 5.88 Å². The fourth-order valence-corrected chi connectivity index (χ4v) is 2.64. The van der Waals surface area contributed by atoms with Gasteiger partial charge in [0, 0.05) is 11.0 Å². The van der Waals surface area contributed by atoms with Gasteiger partial charge in [0.15, 0.2) is 0 Å². The average molecular weight is 272 g/mol. The number of hydrogen-bond acceptors (Lipinski definition) is 2. The van der Waals surface area contributed by atoms with Gasteiger partial charge in [0.05, 0.1) is 11.4 Å². The molecule has 3 heteroatoms. The molecule has 0 saturated carbocycles. The normalized spacial score (nSPS) is 11.8. The molecule has 1 aromatic carbocycles. The summed E-state index contributed by atoms with van der Waals surface area (Å²) in [6.07, 6.45) is 1.85. The highest BCUT2D eigenvalue weighted by Gasteiger charge is 2.27. The molecule has 108 valence electrons. The minimum absolute atomic E-state index is 0.0672. The highest BCUT2D eigenvalue weighted by atomic mass is 16.3. The highest BCUT2D eigenvalue weighted by molar-refractivity contribution is 5.43. The van der Waals surface area contributed by atoms with Crippen molar-refractivity contribution in [1.29, 1.82) is 0 Å². The molecule has 0 atom stereocenters. The molecule has 0 amide bonds. The summed E-state index contributed by atoms with van der Waals surface area (Å²) in [7, 11) is 0. The van der Waals surface area contributed by atoms with Gasteiger partial charge in [-0.25, -0.2) is 4.68 Å². The van der Waals surface area contributed by atoms with Gasteiger partial charge in [0.2, 0.25) is 5.88 Å². The zero-order valence-corrected chi connectivity index (χ0v) is 13.1. The number of aromatic hydroxyl groups is 1. The molecular weight excluding hydrogens is 248 g/mol. The molecule has 3 nitrogen and oxygen atoms in total. The maximum atomic E-state index is 10.2. The molecule has 0 aliphatic heterocycles. The first-order chi connectivity index (χ1) is 9.34. The lowest BCUT2D eigenvalue weighted by atomic mass is 9.87. The summed E-state index contributed by atoms with van der Waals surface area (Å²) >= 11 is 0. The van der Waals surface area contributed by atoms with E-state index in [4.69, 9.17) is 0 Å². The number of aryl methyl sites for hydroxylation is 1. The van der Waals surface area contributed by atoms with Crippen molar-refractivity contribution in [2.45, 2.75) is 52.9 Å². The summed E-state index contributed by atoms with van der Waals surface area (Å²) < 4.78 is 1.90. The van der Waals surface area contributed by atoms with Gasteiger partial charge in [-0.15, -0.1) is 5.10 Å². The predicted molar refractivity (Wildman–Crippen MR) is 82.7 cm³/mol. The Hall–Kier alpha value is -1.77. The van der Waals surface area contributed by atoms with Crippen molar-refractivity contribution in [2.75, 3.05) is 0 Å². The zero-order chi connectivity index (χ0) is 14.9. The van der Waals surface area contributed by atoms with E-state index in [9.17, 15) is 5.11 Å². The minimum Gasteiger partial charge on any atom is -0.492 e. The summed E-state index contributed by atoms with van der Waals surface area (Å²) in [6.45, 7) is 10.7. The van der Waals surface area contributed by atoms with Gasteiger partial charge in [0.25, 0.3) is 0 Å². The fraction of sp³-hybridized carbons (Fsp3) is 0.471. The molecule has 0 radical (unpaired) electrons. The van der Waals surface area contributed by atoms with Crippen molar-refractivity contribution in [2.24, 2.45) is 0 Å². The monoisotopic (exact) mass is 272 g/mol. The smallest absolute Gasteiger partial charge is 0.234 e. The summed E-state index contributed by atoms with van der Waals surface area (Å²) in [5.41, 5.74) is 4.20. The van der Waals surface area contributed by atoms with Gasteiger partial charge in [-0.3, -0.25) is 0 Å². The Morgan fingerprint density at radius 1 is 1.25 bits per heavy atom. The average Bonchev–Trinajstić information content (AvgIpc) is 2.67. The van der Waals surface area contributed by atoms with Crippen LogP contribution < -0.4 is 0 Å². The standard InChI is InChI=1S/C17H24N2O/c1-6-8-14-15(17(3,4)5)19(18-16(14)20)13-10-7-9-12(2)11-13/h7,9-11H,6,8H2,1-5H3,(H,18,20). The number of benzene rings is 1. The van der Waals surface area contributed by atoms with E-state index in [1.807, 2.05) is 16.8 Å². The summed E-state index contributed by atoms with van der Waals surface area (Å²) in [6, 6.07) is 8.22. The van der Waals surface area contributed by atoms with E-state index in [0.717, 1.165) is 29.8 Å². The van der Waals surface area contributed by atoms with E-state index in [-0.39, 0.29) is 11.3 Å². The summed E-state index contributed by atoms with van der Waals surface area (Å²) in [5, 5.41) is 14.6. The minimum atomic E-state index is -0.0672. The second kappa shape index (κ2) is 5.31. The topological polar surface area (TPSA) is 38.1 Å². The molecule has 0 unspecified atom stereocenters. The Morgan fingerprint density at radius 3 is 2.50 bits per heavy atom. The second-order valence-electron chi connectivity index (χ2n) is 6.40. The third-order valence-corrected chi connectivity index (χ3v) is 3.42. The molecule has 0 spiro atoms. The van der Waals surface area contributed by atoms with Gasteiger partial charge in [-0.05, 0) is 31.0 Å². The molecule has 0 fully saturated rings. The third-order valence-electron chi connectivity index (χ3n) is 3.42. The van der Waals surface area contributed by atoms with Crippen LogP contribution >= 0.6 is 0 Å². The molecule has 1 heterocycles. The molecule has 1 N–H and O–H groups in total. The molecule has 20 heavy (non-hydrogen) atoms. The van der Waals surface area contributed by atoms with E-state index >= 15 is 0 Å². The zero-order valence-electron chi connectivity index (χ0n) is 13.1. The van der Waals surface area contributed by atoms with Crippen LogP contribution in [0.25, 0.3) is 5.69 Å². The Morgan fingerprint density at radius 2 is 1.95 bits per heavy atom. The van der Waals surface area contributed by atoms with Crippen LogP contribution in [0.4, 0.5) is 0 Å². The van der Waals surface area contributed by atoms with Crippen molar-refractivity contribution >= 4 is 0 Å².